The fourth-order valence-electron chi connectivity index (χ4n) is 3.28. The van der Waals surface area contributed by atoms with Crippen LogP contribution in [0, 0.1) is 90.6 Å². The zero-order chi connectivity index (χ0) is 23.4. The number of fused-ring (bicyclic) bond motifs is 2. The van der Waals surface area contributed by atoms with Gasteiger partial charge in [0.05, 0.1) is 21.4 Å². The zero-order valence-electron chi connectivity index (χ0n) is 15.7. The van der Waals surface area contributed by atoms with Gasteiger partial charge in [0.1, 0.15) is 48.6 Å². The molecule has 2 heterocycles. The normalized spacial score (nSPS) is 9.00. The third kappa shape index (κ3) is 2.83. The molecule has 0 spiro atoms. The molecule has 32 heavy (non-hydrogen) atoms. The van der Waals surface area contributed by atoms with Gasteiger partial charge in [0.25, 0.3) is 0 Å². The van der Waals surface area contributed by atoms with Crippen molar-refractivity contribution in [3.63, 3.8) is 0 Å². The number of rotatable bonds is 0. The number of nitrogens with one attached hydrogen (secondary N) is 2. The van der Waals surface area contributed by atoms with Crippen molar-refractivity contribution >= 4 is 43.8 Å². The Hall–Kier alpha value is -6.30. The van der Waals surface area contributed by atoms with Crippen LogP contribution in [0.4, 0.5) is 0 Å². The second-order valence-corrected chi connectivity index (χ2v) is 6.09. The molecule has 0 atom stereocenters. The van der Waals surface area contributed by atoms with Gasteiger partial charge in [0.2, 0.25) is 0 Å². The molecule has 0 aliphatic carbocycles. The van der Waals surface area contributed by atoms with Crippen LogP contribution in [0.2, 0.25) is 0 Å². The number of aromatic amines is 2. The Kier molecular flexibility index (Phi) is 5.09. The van der Waals surface area contributed by atoms with Gasteiger partial charge in [-0.15, -0.1) is 0 Å². The van der Waals surface area contributed by atoms with Gasteiger partial charge in [-0.3, -0.25) is 0 Å². The van der Waals surface area contributed by atoms with E-state index in [1.807, 2.05) is 0 Å². The summed E-state index contributed by atoms with van der Waals surface area (Å²) in [6.45, 7) is 0. The van der Waals surface area contributed by atoms with E-state index in [0.717, 1.165) is 0 Å². The Morgan fingerprint density at radius 2 is 0.594 bits per heavy atom. The smallest absolute Gasteiger partial charge is 0.153 e. The van der Waals surface area contributed by atoms with Crippen molar-refractivity contribution in [2.75, 3.05) is 0 Å². The summed E-state index contributed by atoms with van der Waals surface area (Å²) >= 11 is 0. The molecule has 3 rings (SSSR count). The predicted octanol–water partition coefficient (Wildman–Crippen LogP) is -0.559. The van der Waals surface area contributed by atoms with E-state index in [4.69, 9.17) is 0 Å². The largest absolute Gasteiger partial charge is 0.351 e. The summed E-state index contributed by atoms with van der Waals surface area (Å²) in [4.78, 5) is 5.53. The van der Waals surface area contributed by atoms with Gasteiger partial charge >= 0.3 is 0 Å². The second-order valence-electron chi connectivity index (χ2n) is 6.09. The molecule has 142 valence electrons. The highest BCUT2D eigenvalue weighted by atomic mass is 14.7. The molecular formula is C22H4N10. The molecule has 0 amide bonds. The topological polar surface area (TPSA) is 222 Å². The lowest BCUT2D eigenvalue weighted by Gasteiger charge is -1.94. The van der Waals surface area contributed by atoms with Gasteiger partial charge in [-0.25, -0.2) is 0 Å². The van der Waals surface area contributed by atoms with E-state index in [0.29, 0.717) is 0 Å². The van der Waals surface area contributed by atoms with Crippen molar-refractivity contribution in [1.82, 2.24) is 9.97 Å². The minimum atomic E-state index is -0.320. The van der Waals surface area contributed by atoms with Gasteiger partial charge in [-0.1, -0.05) is 0 Å². The summed E-state index contributed by atoms with van der Waals surface area (Å²) in [5.41, 5.74) is -1.28. The Bertz CT molecular complexity index is 1610. The van der Waals surface area contributed by atoms with Crippen molar-refractivity contribution in [2.24, 2.45) is 0 Å². The predicted molar refractivity (Wildman–Crippen MR) is 107 cm³/mol. The lowest BCUT2D eigenvalue weighted by atomic mass is 10.0. The SMILES string of the molecule is N#CC(C#N)=c1[nH]c(=C(C#N)C#N)c2cc3c(=C(C#N)C#N)[nH]c(=C(C#N)C#N)c3cc12. The van der Waals surface area contributed by atoms with Crippen LogP contribution in [-0.2, 0) is 0 Å². The molecule has 0 aliphatic heterocycles. The van der Waals surface area contributed by atoms with Crippen LogP contribution in [-0.4, -0.2) is 9.97 Å². The van der Waals surface area contributed by atoms with E-state index in [9.17, 15) is 42.1 Å². The van der Waals surface area contributed by atoms with Gasteiger partial charge in [-0.05, 0) is 12.1 Å². The number of aromatic nitrogens is 2. The van der Waals surface area contributed by atoms with Crippen LogP contribution in [0.25, 0.3) is 43.8 Å². The molecule has 0 radical (unpaired) electrons. The van der Waals surface area contributed by atoms with Crippen molar-refractivity contribution in [3.05, 3.63) is 33.5 Å². The molecule has 3 aromatic rings. The first kappa shape index (κ1) is 20.4. The van der Waals surface area contributed by atoms with E-state index < -0.39 is 0 Å². The Balaban J connectivity index is 2.94. The molecule has 2 N–H and O–H groups in total. The summed E-state index contributed by atoms with van der Waals surface area (Å²) in [6.07, 6.45) is 0. The number of nitrogens with zero attached hydrogens (tertiary/aromatic N) is 8. The summed E-state index contributed by atoms with van der Waals surface area (Å²) in [7, 11) is 0. The maximum absolute atomic E-state index is 9.34. The molecular weight excluding hydrogens is 404 g/mol. The summed E-state index contributed by atoms with van der Waals surface area (Å²) in [6, 6.07) is 16.8. The van der Waals surface area contributed by atoms with E-state index in [-0.39, 0.29) is 65.2 Å². The van der Waals surface area contributed by atoms with Gasteiger partial charge in [0.15, 0.2) is 22.3 Å². The number of H-pyrrole nitrogens is 2. The minimum Gasteiger partial charge on any atom is -0.351 e. The van der Waals surface area contributed by atoms with Gasteiger partial charge < -0.3 is 9.97 Å². The van der Waals surface area contributed by atoms with Crippen molar-refractivity contribution in [1.29, 1.82) is 42.1 Å². The van der Waals surface area contributed by atoms with Crippen molar-refractivity contribution in [3.8, 4) is 48.6 Å². The maximum Gasteiger partial charge on any atom is 0.153 e. The molecule has 0 unspecified atom stereocenters. The first-order valence-electron chi connectivity index (χ1n) is 8.44. The molecule has 0 aliphatic rings. The quantitative estimate of drug-likeness (QED) is 0.489. The highest BCUT2D eigenvalue weighted by molar-refractivity contribution is 6.03. The van der Waals surface area contributed by atoms with E-state index in [1.165, 1.54) is 12.1 Å². The van der Waals surface area contributed by atoms with E-state index >= 15 is 0 Å². The number of nitriles is 8. The van der Waals surface area contributed by atoms with Crippen LogP contribution < -0.4 is 21.4 Å². The van der Waals surface area contributed by atoms with E-state index in [2.05, 4.69) is 9.97 Å². The summed E-state index contributed by atoms with van der Waals surface area (Å²) in [5.74, 6) is 0. The minimum absolute atomic E-state index is 0.0406. The van der Waals surface area contributed by atoms with Gasteiger partial charge in [0, 0.05) is 21.5 Å². The van der Waals surface area contributed by atoms with Crippen LogP contribution in [0.15, 0.2) is 12.1 Å². The van der Waals surface area contributed by atoms with Crippen molar-refractivity contribution in [2.45, 2.75) is 0 Å². The molecule has 10 nitrogen and oxygen atoms in total. The third-order valence-corrected chi connectivity index (χ3v) is 4.63. The number of hydrogen-bond donors (Lipinski definition) is 2. The average Bonchev–Trinajstić information content (AvgIpc) is 3.36. The molecule has 10 heteroatoms. The molecule has 1 aromatic carbocycles. The first-order chi connectivity index (χ1) is 15.5. The molecule has 2 aromatic heterocycles. The van der Waals surface area contributed by atoms with Crippen LogP contribution in [0.1, 0.15) is 0 Å². The first-order valence-corrected chi connectivity index (χ1v) is 8.44. The summed E-state index contributed by atoms with van der Waals surface area (Å²) in [5, 5.41) is 75.9. The number of hydrogen-bond acceptors (Lipinski definition) is 8. The maximum atomic E-state index is 9.34. The van der Waals surface area contributed by atoms with Crippen molar-refractivity contribution < 1.29 is 0 Å². The number of benzene rings is 1. The Morgan fingerprint density at radius 1 is 0.406 bits per heavy atom. The van der Waals surface area contributed by atoms with E-state index in [1.54, 1.807) is 48.6 Å². The highest BCUT2D eigenvalue weighted by Gasteiger charge is 2.15. The molecule has 0 saturated heterocycles. The standard InChI is InChI=1S/C22H4N10/c23-3-11(4-24)19-15-1-16-18(2-17(15)21(31-19)13(7-27)8-28)22(14(9-29)10-30)32-20(16)12(5-25)6-26/h1-2,31-32H. The second kappa shape index (κ2) is 7.98. The monoisotopic (exact) mass is 408 g/mol. The third-order valence-electron chi connectivity index (χ3n) is 4.63. The summed E-state index contributed by atoms with van der Waals surface area (Å²) < 4.78 is 0. The molecule has 0 fully saturated rings. The lowest BCUT2D eigenvalue weighted by Crippen LogP contribution is -2.15. The Labute approximate surface area is 178 Å². The average molecular weight is 408 g/mol. The van der Waals surface area contributed by atoms with Crippen LogP contribution in [0.3, 0.4) is 0 Å². The zero-order valence-corrected chi connectivity index (χ0v) is 15.7. The fraction of sp³-hybridized carbons (Fsp3) is 0. The highest BCUT2D eigenvalue weighted by Crippen LogP contribution is 2.16. The van der Waals surface area contributed by atoms with Gasteiger partial charge in [-0.2, -0.15) is 42.1 Å². The fourth-order valence-corrected chi connectivity index (χ4v) is 3.28. The molecule has 0 bridgehead atoms. The molecule has 0 saturated carbocycles. The lowest BCUT2D eigenvalue weighted by molar-refractivity contribution is 1.26. The van der Waals surface area contributed by atoms with Crippen LogP contribution in [0.5, 0.6) is 0 Å². The Morgan fingerprint density at radius 3 is 0.750 bits per heavy atom. The van der Waals surface area contributed by atoms with Crippen LogP contribution >= 0.6 is 0 Å².